The fourth-order valence-corrected chi connectivity index (χ4v) is 4.80. The van der Waals surface area contributed by atoms with Gasteiger partial charge in [0, 0.05) is 11.3 Å². The van der Waals surface area contributed by atoms with Gasteiger partial charge in [-0.3, -0.25) is 0 Å². The fourth-order valence-electron chi connectivity index (χ4n) is 2.43. The minimum absolute atomic E-state index is 0.334. The Kier molecular flexibility index (Phi) is 16.1. The van der Waals surface area contributed by atoms with E-state index in [-0.39, 0.29) is 0 Å². The maximum atomic E-state index is 6.12. The van der Waals surface area contributed by atoms with Gasteiger partial charge in [0.25, 0.3) is 0 Å². The van der Waals surface area contributed by atoms with E-state index in [1.54, 1.807) is 0 Å². The first-order chi connectivity index (χ1) is 13.7. The van der Waals surface area contributed by atoms with Crippen molar-refractivity contribution in [2.45, 2.75) is 77.5 Å². The largest absolute Gasteiger partial charge is 0.427 e. The van der Waals surface area contributed by atoms with Crippen LogP contribution in [-0.4, -0.2) is 36.8 Å². The number of benzene rings is 1. The molecule has 4 nitrogen and oxygen atoms in total. The van der Waals surface area contributed by atoms with E-state index in [4.69, 9.17) is 13.6 Å². The van der Waals surface area contributed by atoms with Crippen LogP contribution in [0.25, 0.3) is 0 Å². The molecule has 0 saturated heterocycles. The van der Waals surface area contributed by atoms with Gasteiger partial charge < -0.3 is 18.9 Å². The highest BCUT2D eigenvalue weighted by Gasteiger charge is 2.20. The standard InChI is InChI=1S/C22H40NO3PS/c1-5-9-16-23-20(7-3)18-24-27(26-21-14-12-11-13-15-21)25-19-22(8-4)28-17-10-6-2/h11-15,20,22-23H,5-10,16-19H2,1-4H3. The van der Waals surface area contributed by atoms with Gasteiger partial charge in [-0.05, 0) is 50.1 Å². The lowest BCUT2D eigenvalue weighted by molar-refractivity contribution is 0.185. The average Bonchev–Trinajstić information content (AvgIpc) is 2.73. The number of rotatable bonds is 18. The summed E-state index contributed by atoms with van der Waals surface area (Å²) >= 11 is 2.00. The van der Waals surface area contributed by atoms with Gasteiger partial charge in [-0.2, -0.15) is 11.8 Å². The van der Waals surface area contributed by atoms with Crippen LogP contribution in [0.1, 0.15) is 66.2 Å². The first-order valence-corrected chi connectivity index (χ1v) is 13.0. The first-order valence-electron chi connectivity index (χ1n) is 10.9. The lowest BCUT2D eigenvalue weighted by Crippen LogP contribution is -2.33. The summed E-state index contributed by atoms with van der Waals surface area (Å²) in [7, 11) is -1.40. The molecule has 0 aliphatic carbocycles. The van der Waals surface area contributed by atoms with E-state index in [1.807, 2.05) is 42.1 Å². The Balaban J connectivity index is 2.55. The molecule has 0 radical (unpaired) electrons. The van der Waals surface area contributed by atoms with E-state index in [1.165, 1.54) is 31.4 Å². The highest BCUT2D eigenvalue weighted by molar-refractivity contribution is 7.99. The Morgan fingerprint density at radius 1 is 0.929 bits per heavy atom. The molecule has 0 heterocycles. The van der Waals surface area contributed by atoms with Gasteiger partial charge in [-0.15, -0.1) is 0 Å². The van der Waals surface area contributed by atoms with Crippen LogP contribution < -0.4 is 9.84 Å². The van der Waals surface area contributed by atoms with E-state index in [9.17, 15) is 0 Å². The minimum atomic E-state index is -1.40. The number of nitrogens with one attached hydrogen (secondary N) is 1. The van der Waals surface area contributed by atoms with Gasteiger partial charge in [-0.1, -0.05) is 58.7 Å². The quantitative estimate of drug-likeness (QED) is 0.205. The fraction of sp³-hybridized carbons (Fsp3) is 0.727. The maximum Gasteiger partial charge on any atom is 0.397 e. The second-order valence-corrected chi connectivity index (χ2v) is 9.44. The Morgan fingerprint density at radius 3 is 2.29 bits per heavy atom. The molecule has 1 aromatic carbocycles. The Morgan fingerprint density at radius 2 is 1.64 bits per heavy atom. The van der Waals surface area contributed by atoms with Crippen LogP contribution in [0.5, 0.6) is 5.75 Å². The van der Waals surface area contributed by atoms with Crippen LogP contribution in [0.4, 0.5) is 0 Å². The summed E-state index contributed by atoms with van der Waals surface area (Å²) < 4.78 is 18.3. The predicted molar refractivity (Wildman–Crippen MR) is 124 cm³/mol. The van der Waals surface area contributed by atoms with E-state index >= 15 is 0 Å². The van der Waals surface area contributed by atoms with Crippen LogP contribution >= 0.6 is 20.4 Å². The average molecular weight is 430 g/mol. The van der Waals surface area contributed by atoms with Gasteiger partial charge in [0.2, 0.25) is 0 Å². The van der Waals surface area contributed by atoms with Crippen molar-refractivity contribution >= 4 is 20.4 Å². The lowest BCUT2D eigenvalue weighted by atomic mass is 10.2. The molecule has 1 N–H and O–H groups in total. The summed E-state index contributed by atoms with van der Waals surface area (Å²) in [6.07, 6.45) is 7.01. The Bertz CT molecular complexity index is 444. The molecule has 6 heteroatoms. The van der Waals surface area contributed by atoms with Crippen molar-refractivity contribution in [2.24, 2.45) is 0 Å². The van der Waals surface area contributed by atoms with Gasteiger partial charge in [0.15, 0.2) is 0 Å². The maximum absolute atomic E-state index is 6.12. The summed E-state index contributed by atoms with van der Waals surface area (Å²) in [6.45, 7) is 11.2. The number of para-hydroxylation sites is 1. The number of hydrogen-bond donors (Lipinski definition) is 1. The molecule has 0 aliphatic heterocycles. The second kappa shape index (κ2) is 17.5. The molecule has 0 spiro atoms. The molecule has 162 valence electrons. The van der Waals surface area contributed by atoms with Crippen molar-refractivity contribution in [3.63, 3.8) is 0 Å². The van der Waals surface area contributed by atoms with Crippen molar-refractivity contribution in [1.82, 2.24) is 5.32 Å². The molecular formula is C22H40NO3PS. The molecule has 3 atom stereocenters. The lowest BCUT2D eigenvalue weighted by Gasteiger charge is -2.23. The van der Waals surface area contributed by atoms with Crippen LogP contribution in [-0.2, 0) is 9.05 Å². The predicted octanol–water partition coefficient (Wildman–Crippen LogP) is 6.81. The van der Waals surface area contributed by atoms with E-state index in [0.29, 0.717) is 24.5 Å². The Hall–Kier alpha value is -0.320. The molecule has 0 amide bonds. The molecule has 1 rings (SSSR count). The molecule has 0 bridgehead atoms. The van der Waals surface area contributed by atoms with Crippen molar-refractivity contribution in [3.05, 3.63) is 30.3 Å². The van der Waals surface area contributed by atoms with Crippen molar-refractivity contribution in [3.8, 4) is 5.75 Å². The topological polar surface area (TPSA) is 39.7 Å². The number of hydrogen-bond acceptors (Lipinski definition) is 5. The van der Waals surface area contributed by atoms with Gasteiger partial charge >= 0.3 is 8.60 Å². The van der Waals surface area contributed by atoms with Gasteiger partial charge in [-0.25, -0.2) is 0 Å². The monoisotopic (exact) mass is 429 g/mol. The van der Waals surface area contributed by atoms with Crippen LogP contribution in [0.3, 0.4) is 0 Å². The van der Waals surface area contributed by atoms with Crippen LogP contribution in [0.15, 0.2) is 30.3 Å². The SMILES string of the molecule is CCCCNC(CC)COP(OCC(CC)SCCCC)Oc1ccccc1. The van der Waals surface area contributed by atoms with E-state index in [2.05, 4.69) is 33.0 Å². The van der Waals surface area contributed by atoms with Gasteiger partial charge in [0.1, 0.15) is 5.75 Å². The van der Waals surface area contributed by atoms with E-state index in [0.717, 1.165) is 25.1 Å². The normalized spacial score (nSPS) is 14.6. The third-order valence-electron chi connectivity index (χ3n) is 4.43. The molecule has 0 fully saturated rings. The molecule has 1 aromatic rings. The van der Waals surface area contributed by atoms with Crippen LogP contribution in [0, 0.1) is 0 Å². The summed E-state index contributed by atoms with van der Waals surface area (Å²) in [5.74, 6) is 1.99. The van der Waals surface area contributed by atoms with E-state index < -0.39 is 8.60 Å². The van der Waals surface area contributed by atoms with Crippen molar-refractivity contribution in [2.75, 3.05) is 25.5 Å². The van der Waals surface area contributed by atoms with Crippen LogP contribution in [0.2, 0.25) is 0 Å². The van der Waals surface area contributed by atoms with Crippen molar-refractivity contribution < 1.29 is 13.6 Å². The summed E-state index contributed by atoms with van der Waals surface area (Å²) in [5, 5.41) is 4.06. The minimum Gasteiger partial charge on any atom is -0.427 e. The summed E-state index contributed by atoms with van der Waals surface area (Å²) in [4.78, 5) is 0. The molecule has 0 saturated carbocycles. The van der Waals surface area contributed by atoms with Gasteiger partial charge in [0.05, 0.1) is 13.2 Å². The molecule has 3 unspecified atom stereocenters. The summed E-state index contributed by atoms with van der Waals surface area (Å²) in [5.41, 5.74) is 0. The Labute approximate surface area is 178 Å². The number of thioether (sulfide) groups is 1. The smallest absolute Gasteiger partial charge is 0.397 e. The first kappa shape index (κ1) is 25.7. The highest BCUT2D eigenvalue weighted by atomic mass is 32.2. The zero-order valence-corrected chi connectivity index (χ0v) is 19.9. The van der Waals surface area contributed by atoms with Crippen molar-refractivity contribution in [1.29, 1.82) is 0 Å². The zero-order valence-electron chi connectivity index (χ0n) is 18.2. The molecule has 0 aliphatic rings. The highest BCUT2D eigenvalue weighted by Crippen LogP contribution is 2.41. The third-order valence-corrected chi connectivity index (χ3v) is 6.98. The number of unbranched alkanes of at least 4 members (excludes halogenated alkanes) is 2. The second-order valence-electron chi connectivity index (χ2n) is 6.89. The molecule has 28 heavy (non-hydrogen) atoms. The molecular weight excluding hydrogens is 389 g/mol. The third kappa shape index (κ3) is 12.3. The summed E-state index contributed by atoms with van der Waals surface area (Å²) in [6, 6.07) is 10.2. The molecule has 0 aromatic heterocycles. The zero-order chi connectivity index (χ0) is 20.5.